The van der Waals surface area contributed by atoms with Crippen LogP contribution in [0.25, 0.3) is 11.1 Å². The van der Waals surface area contributed by atoms with Crippen LogP contribution in [-0.4, -0.2) is 102 Å². The average molecular weight is 660 g/mol. The lowest BCUT2D eigenvalue weighted by Crippen LogP contribution is -2.43. The van der Waals surface area contributed by atoms with Crippen LogP contribution in [0.3, 0.4) is 0 Å². The van der Waals surface area contributed by atoms with Crippen molar-refractivity contribution in [3.63, 3.8) is 0 Å². The number of benzene rings is 1. The largest absolute Gasteiger partial charge is 0.487 e. The number of rotatable bonds is 17. The lowest BCUT2D eigenvalue weighted by Gasteiger charge is -2.38. The highest BCUT2D eigenvalue weighted by molar-refractivity contribution is 5.67. The van der Waals surface area contributed by atoms with Crippen molar-refractivity contribution >= 4 is 11.6 Å². The number of nitrogens with one attached hydrogen (secondary N) is 1. The zero-order valence-electron chi connectivity index (χ0n) is 28.1. The lowest BCUT2D eigenvalue weighted by atomic mass is 9.89. The molecule has 256 valence electrons. The number of hydrogen-bond acceptors (Lipinski definition) is 13. The van der Waals surface area contributed by atoms with Crippen LogP contribution in [-0.2, 0) is 11.3 Å². The first-order valence-corrected chi connectivity index (χ1v) is 16.6. The van der Waals surface area contributed by atoms with Gasteiger partial charge in [-0.05, 0) is 81.1 Å². The van der Waals surface area contributed by atoms with Gasteiger partial charge >= 0.3 is 0 Å². The second kappa shape index (κ2) is 17.0. The first-order chi connectivity index (χ1) is 23.4. The number of aromatic nitrogens is 8. The number of likely N-dealkylation sites (N-methyl/N-ethyl adjacent to an activating group) is 1. The van der Waals surface area contributed by atoms with Gasteiger partial charge in [0.25, 0.3) is 5.88 Å². The smallest absolute Gasteiger partial charge is 0.257 e. The van der Waals surface area contributed by atoms with Gasteiger partial charge in [-0.1, -0.05) is 13.0 Å². The third kappa shape index (κ3) is 8.82. The second-order valence-corrected chi connectivity index (χ2v) is 11.9. The molecule has 3 heterocycles. The van der Waals surface area contributed by atoms with Gasteiger partial charge in [-0.25, -0.2) is 14.6 Å². The van der Waals surface area contributed by atoms with Crippen molar-refractivity contribution in [3.05, 3.63) is 48.7 Å². The topological polar surface area (TPSA) is 174 Å². The molecule has 0 saturated heterocycles. The van der Waals surface area contributed by atoms with E-state index in [4.69, 9.17) is 19.3 Å². The SMILES string of the molecule is CCOCCOc1nn([C@H]2CC[C@H](N(C)[C@H](CC)CO)CC2)cc1Nc1ncc(-c2ccc(C#N)c(O[C@@H](C)Cn3cnnn3)c2)cn1. The van der Waals surface area contributed by atoms with E-state index in [2.05, 4.69) is 55.8 Å². The molecule has 15 nitrogen and oxygen atoms in total. The number of nitrogens with zero attached hydrogens (tertiary/aromatic N) is 10. The molecule has 1 aliphatic carbocycles. The standard InChI is InChI=1S/C33H45N11O4/c1-5-27(21-45)42(4)28-9-11-29(12-10-28)44-20-30(32(39-44)47-14-13-46-6-2)38-33-35-17-26(18-36-33)24-7-8-25(16-34)31(15-24)48-23(3)19-43-22-37-40-41-43/h7-8,15,17-18,20,22-23,27-29,45H,5-6,9-14,19,21H2,1-4H3,(H,35,36,38)/t23-,27+,28-,29-/m0/s1. The summed E-state index contributed by atoms with van der Waals surface area (Å²) >= 11 is 0. The number of aliphatic hydroxyl groups excluding tert-OH is 1. The highest BCUT2D eigenvalue weighted by Gasteiger charge is 2.29. The van der Waals surface area contributed by atoms with Crippen LogP contribution >= 0.6 is 0 Å². The molecule has 0 spiro atoms. The maximum Gasteiger partial charge on any atom is 0.257 e. The molecule has 3 aromatic heterocycles. The van der Waals surface area contributed by atoms with Crippen molar-refractivity contribution < 1.29 is 19.3 Å². The van der Waals surface area contributed by atoms with Crippen molar-refractivity contribution in [2.45, 2.75) is 83.6 Å². The highest BCUT2D eigenvalue weighted by Crippen LogP contribution is 2.35. The molecule has 2 N–H and O–H groups in total. The van der Waals surface area contributed by atoms with E-state index in [0.717, 1.165) is 43.2 Å². The molecule has 5 rings (SSSR count). The fraction of sp³-hybridized carbons (Fsp3) is 0.545. The quantitative estimate of drug-likeness (QED) is 0.156. The Morgan fingerprint density at radius 1 is 1.12 bits per heavy atom. The minimum atomic E-state index is -0.277. The lowest BCUT2D eigenvalue weighted by molar-refractivity contribution is 0.0772. The number of nitriles is 1. The molecule has 2 atom stereocenters. The summed E-state index contributed by atoms with van der Waals surface area (Å²) < 4.78 is 21.2. The van der Waals surface area contributed by atoms with E-state index < -0.39 is 0 Å². The molecule has 0 bridgehead atoms. The molecular weight excluding hydrogens is 614 g/mol. The molecule has 15 heteroatoms. The van der Waals surface area contributed by atoms with E-state index in [1.54, 1.807) is 23.1 Å². The van der Waals surface area contributed by atoms with Crippen molar-refractivity contribution in [1.82, 2.24) is 44.9 Å². The maximum atomic E-state index is 9.77. The van der Waals surface area contributed by atoms with Crippen LogP contribution in [0.2, 0.25) is 0 Å². The number of ether oxygens (including phenoxy) is 3. The van der Waals surface area contributed by atoms with E-state index in [1.807, 2.05) is 36.9 Å². The summed E-state index contributed by atoms with van der Waals surface area (Å²) in [5.41, 5.74) is 2.67. The molecule has 1 aliphatic rings. The molecule has 1 fully saturated rings. The fourth-order valence-electron chi connectivity index (χ4n) is 6.01. The van der Waals surface area contributed by atoms with E-state index in [9.17, 15) is 10.4 Å². The number of anilines is 2. The van der Waals surface area contributed by atoms with Gasteiger partial charge in [0.15, 0.2) is 0 Å². The van der Waals surface area contributed by atoms with Crippen LogP contribution in [0.4, 0.5) is 11.6 Å². The summed E-state index contributed by atoms with van der Waals surface area (Å²) in [5, 5.41) is 38.7. The Labute approximate surface area is 280 Å². The van der Waals surface area contributed by atoms with Gasteiger partial charge in [0, 0.05) is 36.6 Å². The van der Waals surface area contributed by atoms with Crippen LogP contribution in [0.5, 0.6) is 11.6 Å². The summed E-state index contributed by atoms with van der Waals surface area (Å²) in [6.45, 7) is 8.01. The predicted molar refractivity (Wildman–Crippen MR) is 178 cm³/mol. The zero-order chi connectivity index (χ0) is 33.9. The Morgan fingerprint density at radius 2 is 1.92 bits per heavy atom. The van der Waals surface area contributed by atoms with Crippen LogP contribution in [0, 0.1) is 11.3 Å². The van der Waals surface area contributed by atoms with Gasteiger partial charge in [0.1, 0.15) is 36.5 Å². The minimum Gasteiger partial charge on any atom is -0.487 e. The number of hydrogen-bond donors (Lipinski definition) is 2. The fourth-order valence-corrected chi connectivity index (χ4v) is 6.01. The van der Waals surface area contributed by atoms with Gasteiger partial charge in [-0.2, -0.15) is 5.26 Å². The molecule has 0 amide bonds. The van der Waals surface area contributed by atoms with Gasteiger partial charge in [-0.3, -0.25) is 9.58 Å². The summed E-state index contributed by atoms with van der Waals surface area (Å²) in [6, 6.07) is 8.44. The third-order valence-corrected chi connectivity index (χ3v) is 8.74. The zero-order valence-corrected chi connectivity index (χ0v) is 28.1. The van der Waals surface area contributed by atoms with E-state index in [-0.39, 0.29) is 24.8 Å². The Kier molecular flexibility index (Phi) is 12.2. The normalized spacial score (nSPS) is 17.5. The summed E-state index contributed by atoms with van der Waals surface area (Å²) in [7, 11) is 2.12. The molecule has 4 aromatic rings. The second-order valence-electron chi connectivity index (χ2n) is 11.9. The predicted octanol–water partition coefficient (Wildman–Crippen LogP) is 4.01. The van der Waals surface area contributed by atoms with Crippen LogP contribution < -0.4 is 14.8 Å². The van der Waals surface area contributed by atoms with Crippen molar-refractivity contribution in [1.29, 1.82) is 5.26 Å². The molecule has 0 unspecified atom stereocenters. The van der Waals surface area contributed by atoms with Gasteiger partial charge in [-0.15, -0.1) is 10.2 Å². The monoisotopic (exact) mass is 659 g/mol. The highest BCUT2D eigenvalue weighted by atomic mass is 16.5. The van der Waals surface area contributed by atoms with E-state index >= 15 is 0 Å². The third-order valence-electron chi connectivity index (χ3n) is 8.74. The first-order valence-electron chi connectivity index (χ1n) is 16.6. The molecular formula is C33H45N11O4. The molecule has 0 aliphatic heterocycles. The van der Waals surface area contributed by atoms with E-state index in [1.165, 1.54) is 6.33 Å². The molecule has 48 heavy (non-hydrogen) atoms. The number of tetrazole rings is 1. The Hall–Kier alpha value is -4.65. The van der Waals surface area contributed by atoms with Gasteiger partial charge in [0.05, 0.1) is 37.6 Å². The molecule has 1 saturated carbocycles. The summed E-state index contributed by atoms with van der Waals surface area (Å²) in [5.74, 6) is 1.32. The molecule has 1 aromatic carbocycles. The minimum absolute atomic E-state index is 0.179. The van der Waals surface area contributed by atoms with Crippen molar-refractivity contribution in [2.24, 2.45) is 0 Å². The number of aliphatic hydroxyl groups is 1. The van der Waals surface area contributed by atoms with Crippen LogP contribution in [0.15, 0.2) is 43.1 Å². The van der Waals surface area contributed by atoms with Crippen molar-refractivity contribution in [3.8, 4) is 28.8 Å². The Balaban J connectivity index is 1.27. The van der Waals surface area contributed by atoms with Crippen LogP contribution in [0.1, 0.15) is 64.5 Å². The Bertz CT molecular complexity index is 1590. The van der Waals surface area contributed by atoms with E-state index in [0.29, 0.717) is 61.2 Å². The summed E-state index contributed by atoms with van der Waals surface area (Å²) in [4.78, 5) is 11.5. The summed E-state index contributed by atoms with van der Waals surface area (Å²) in [6.07, 6.45) is 11.6. The Morgan fingerprint density at radius 3 is 2.58 bits per heavy atom. The molecule has 0 radical (unpaired) electrons. The van der Waals surface area contributed by atoms with Crippen molar-refractivity contribution in [2.75, 3.05) is 38.8 Å². The maximum absolute atomic E-state index is 9.77. The first kappa shape index (κ1) is 34.7. The van der Waals surface area contributed by atoms with Gasteiger partial charge in [0.2, 0.25) is 5.95 Å². The van der Waals surface area contributed by atoms with Gasteiger partial charge < -0.3 is 24.6 Å². The average Bonchev–Trinajstić information content (AvgIpc) is 3.77.